The number of rotatable bonds is 6. The van der Waals surface area contributed by atoms with Gasteiger partial charge in [-0.1, -0.05) is 41.9 Å². The van der Waals surface area contributed by atoms with E-state index in [1.54, 1.807) is 12.1 Å². The first kappa shape index (κ1) is 19.5. The first-order valence-corrected chi connectivity index (χ1v) is 8.65. The Labute approximate surface area is 164 Å². The molecule has 0 aliphatic carbocycles. The van der Waals surface area contributed by atoms with Crippen molar-refractivity contribution in [2.75, 3.05) is 6.61 Å². The van der Waals surface area contributed by atoms with Crippen molar-refractivity contribution in [3.8, 4) is 17.9 Å². The Bertz CT molecular complexity index is 892. The molecule has 2 aromatic carbocycles. The van der Waals surface area contributed by atoms with Crippen LogP contribution in [0, 0.1) is 22.7 Å². The van der Waals surface area contributed by atoms with Crippen LogP contribution in [-0.2, 0) is 11.3 Å². The Hall–Kier alpha value is -2.80. The lowest BCUT2D eigenvalue weighted by molar-refractivity contribution is -0.117. The van der Waals surface area contributed by atoms with E-state index in [-0.39, 0.29) is 17.2 Å². The number of hydrogen-bond donors (Lipinski definition) is 1. The molecule has 0 heterocycles. The SMILES string of the molecule is N#CCOc1c(Cl)cc(/C=C(/C#N)C(=O)NCc2ccccc2)cc1Br. The highest BCUT2D eigenvalue weighted by atomic mass is 79.9. The second-order valence-corrected chi connectivity index (χ2v) is 6.36. The Balaban J connectivity index is 2.16. The minimum atomic E-state index is -0.478. The van der Waals surface area contributed by atoms with Gasteiger partial charge >= 0.3 is 0 Å². The molecule has 0 fully saturated rings. The number of benzene rings is 2. The number of halogens is 2. The van der Waals surface area contributed by atoms with Crippen molar-refractivity contribution in [2.24, 2.45) is 0 Å². The molecule has 2 aromatic rings. The van der Waals surface area contributed by atoms with E-state index in [4.69, 9.17) is 21.6 Å². The molecule has 0 bridgehead atoms. The third-order valence-electron chi connectivity index (χ3n) is 3.27. The van der Waals surface area contributed by atoms with E-state index >= 15 is 0 Å². The highest BCUT2D eigenvalue weighted by Crippen LogP contribution is 2.35. The van der Waals surface area contributed by atoms with Gasteiger partial charge in [0.1, 0.15) is 17.7 Å². The average Bonchev–Trinajstić information content (AvgIpc) is 2.64. The first-order valence-electron chi connectivity index (χ1n) is 7.48. The van der Waals surface area contributed by atoms with E-state index in [1.807, 2.05) is 42.5 Å². The lowest BCUT2D eigenvalue weighted by Gasteiger charge is -2.09. The summed E-state index contributed by atoms with van der Waals surface area (Å²) in [5.74, 6) is -0.147. The molecular formula is C19H13BrClN3O2. The molecule has 1 amide bonds. The van der Waals surface area contributed by atoms with Gasteiger partial charge in [-0.15, -0.1) is 0 Å². The summed E-state index contributed by atoms with van der Waals surface area (Å²) in [6.07, 6.45) is 1.44. The zero-order chi connectivity index (χ0) is 18.9. The number of carbonyl (C=O) groups is 1. The van der Waals surface area contributed by atoms with Gasteiger partial charge in [0.2, 0.25) is 0 Å². The largest absolute Gasteiger partial charge is 0.476 e. The molecule has 1 N–H and O–H groups in total. The topological polar surface area (TPSA) is 85.9 Å². The molecule has 0 saturated heterocycles. The standard InChI is InChI=1S/C19H13BrClN3O2/c20-16-9-14(10-17(21)18(16)26-7-6-22)8-15(11-23)19(25)24-12-13-4-2-1-3-5-13/h1-5,8-10H,7,12H2,(H,24,25)/b15-8-. The zero-order valence-electron chi connectivity index (χ0n) is 13.5. The molecule has 0 aliphatic rings. The van der Waals surface area contributed by atoms with Gasteiger partial charge in [0.25, 0.3) is 5.91 Å². The van der Waals surface area contributed by atoms with Crippen LogP contribution in [0.25, 0.3) is 6.08 Å². The fourth-order valence-electron chi connectivity index (χ4n) is 2.09. The van der Waals surface area contributed by atoms with Gasteiger partial charge in [-0.05, 0) is 45.3 Å². The van der Waals surface area contributed by atoms with Crippen LogP contribution in [0.4, 0.5) is 0 Å². The van der Waals surface area contributed by atoms with Crippen LogP contribution >= 0.6 is 27.5 Å². The van der Waals surface area contributed by atoms with Crippen molar-refractivity contribution >= 4 is 39.5 Å². The third kappa shape index (κ3) is 5.35. The predicted octanol–water partition coefficient (Wildman–Crippen LogP) is 4.23. The Morgan fingerprint density at radius 3 is 2.62 bits per heavy atom. The van der Waals surface area contributed by atoms with Crippen molar-refractivity contribution in [3.63, 3.8) is 0 Å². The van der Waals surface area contributed by atoms with Gasteiger partial charge in [-0.3, -0.25) is 4.79 Å². The fraction of sp³-hybridized carbons (Fsp3) is 0.105. The zero-order valence-corrected chi connectivity index (χ0v) is 15.8. The van der Waals surface area contributed by atoms with Gasteiger partial charge in [-0.25, -0.2) is 0 Å². The van der Waals surface area contributed by atoms with Gasteiger partial charge in [0, 0.05) is 6.54 Å². The second kappa shape index (κ2) is 9.62. The van der Waals surface area contributed by atoms with Gasteiger partial charge in [0.05, 0.1) is 9.50 Å². The molecule has 0 radical (unpaired) electrons. The quantitative estimate of drug-likeness (QED) is 0.549. The Morgan fingerprint density at radius 2 is 2.00 bits per heavy atom. The summed E-state index contributed by atoms with van der Waals surface area (Å²) in [5.41, 5.74) is 1.44. The minimum Gasteiger partial charge on any atom is -0.476 e. The normalized spacial score (nSPS) is 10.5. The molecule has 0 aromatic heterocycles. The maximum Gasteiger partial charge on any atom is 0.262 e. The maximum absolute atomic E-state index is 12.2. The summed E-state index contributed by atoms with van der Waals surface area (Å²) in [5, 5.41) is 20.8. The fourth-order valence-corrected chi connectivity index (χ4v) is 3.08. The van der Waals surface area contributed by atoms with Crippen molar-refractivity contribution in [1.29, 1.82) is 10.5 Å². The van der Waals surface area contributed by atoms with Crippen LogP contribution in [0.15, 0.2) is 52.5 Å². The van der Waals surface area contributed by atoms with Crippen LogP contribution < -0.4 is 10.1 Å². The van der Waals surface area contributed by atoms with E-state index in [0.29, 0.717) is 22.3 Å². The van der Waals surface area contributed by atoms with Crippen LogP contribution in [0.3, 0.4) is 0 Å². The molecule has 7 heteroatoms. The molecule has 130 valence electrons. The molecule has 0 aliphatic heterocycles. The van der Waals surface area contributed by atoms with Crippen LogP contribution in [0.1, 0.15) is 11.1 Å². The molecule has 0 saturated carbocycles. The summed E-state index contributed by atoms with van der Waals surface area (Å²) in [6, 6.07) is 16.4. The van der Waals surface area contributed by atoms with Crippen molar-refractivity contribution < 1.29 is 9.53 Å². The highest BCUT2D eigenvalue weighted by Gasteiger charge is 2.12. The van der Waals surface area contributed by atoms with E-state index in [9.17, 15) is 10.1 Å². The van der Waals surface area contributed by atoms with Crippen LogP contribution in [0.2, 0.25) is 5.02 Å². The van der Waals surface area contributed by atoms with E-state index in [1.165, 1.54) is 6.08 Å². The molecule has 0 spiro atoms. The number of ether oxygens (including phenoxy) is 1. The predicted molar refractivity (Wildman–Crippen MR) is 102 cm³/mol. The molecule has 5 nitrogen and oxygen atoms in total. The lowest BCUT2D eigenvalue weighted by atomic mass is 10.1. The Morgan fingerprint density at radius 1 is 1.27 bits per heavy atom. The van der Waals surface area contributed by atoms with Gasteiger partial charge < -0.3 is 10.1 Å². The van der Waals surface area contributed by atoms with Crippen LogP contribution in [0.5, 0.6) is 5.75 Å². The molecule has 0 atom stereocenters. The first-order chi connectivity index (χ1) is 12.5. The molecule has 0 unspecified atom stereocenters. The van der Waals surface area contributed by atoms with Crippen LogP contribution in [-0.4, -0.2) is 12.5 Å². The molecular weight excluding hydrogens is 418 g/mol. The Kier molecular flexibility index (Phi) is 7.23. The number of nitriles is 2. The smallest absolute Gasteiger partial charge is 0.262 e. The number of amides is 1. The minimum absolute atomic E-state index is 0.0467. The summed E-state index contributed by atoms with van der Waals surface area (Å²) in [4.78, 5) is 12.2. The number of hydrogen-bond acceptors (Lipinski definition) is 4. The van der Waals surface area contributed by atoms with E-state index < -0.39 is 5.91 Å². The maximum atomic E-state index is 12.2. The summed E-state index contributed by atoms with van der Waals surface area (Å²) in [6.45, 7) is 0.183. The highest BCUT2D eigenvalue weighted by molar-refractivity contribution is 9.10. The van der Waals surface area contributed by atoms with E-state index in [2.05, 4.69) is 21.2 Å². The number of carbonyl (C=O) groups excluding carboxylic acids is 1. The number of nitrogens with zero attached hydrogens (tertiary/aromatic N) is 2. The third-order valence-corrected chi connectivity index (χ3v) is 4.14. The number of nitrogens with one attached hydrogen (secondary N) is 1. The summed E-state index contributed by atoms with van der Waals surface area (Å²) >= 11 is 9.45. The van der Waals surface area contributed by atoms with E-state index in [0.717, 1.165) is 5.56 Å². The summed E-state index contributed by atoms with van der Waals surface area (Å²) < 4.78 is 5.75. The molecule has 26 heavy (non-hydrogen) atoms. The van der Waals surface area contributed by atoms with Crippen molar-refractivity contribution in [3.05, 3.63) is 68.7 Å². The molecule has 2 rings (SSSR count). The van der Waals surface area contributed by atoms with Gasteiger partial charge in [0.15, 0.2) is 12.4 Å². The van der Waals surface area contributed by atoms with Crippen molar-refractivity contribution in [2.45, 2.75) is 6.54 Å². The van der Waals surface area contributed by atoms with Gasteiger partial charge in [-0.2, -0.15) is 10.5 Å². The monoisotopic (exact) mass is 429 g/mol. The second-order valence-electron chi connectivity index (χ2n) is 5.10. The average molecular weight is 431 g/mol. The lowest BCUT2D eigenvalue weighted by Crippen LogP contribution is -2.23. The van der Waals surface area contributed by atoms with Crippen molar-refractivity contribution in [1.82, 2.24) is 5.32 Å². The summed E-state index contributed by atoms with van der Waals surface area (Å²) in [7, 11) is 0.